The number of rotatable bonds is 15. The predicted octanol–water partition coefficient (Wildman–Crippen LogP) is 5.67. The molecule has 266 valence electrons. The number of nitrogens with zero attached hydrogens (tertiary/aromatic N) is 4. The number of hydrogen-bond donors (Lipinski definition) is 1. The largest absolute Gasteiger partial charge is 0.493 e. The minimum atomic E-state index is -0.682. The lowest BCUT2D eigenvalue weighted by Gasteiger charge is -2.35. The fraction of sp³-hybridized carbons (Fsp3) is 0.462. The number of fused-ring (bicyclic) bond motifs is 1. The second kappa shape index (κ2) is 15.9. The third-order valence-corrected chi connectivity index (χ3v) is 10.2. The summed E-state index contributed by atoms with van der Waals surface area (Å²) in [6.07, 6.45) is 3.81. The Labute approximate surface area is 294 Å². The van der Waals surface area contributed by atoms with Crippen LogP contribution < -0.4 is 19.5 Å². The van der Waals surface area contributed by atoms with Crippen molar-refractivity contribution in [3.05, 3.63) is 77.9 Å². The summed E-state index contributed by atoms with van der Waals surface area (Å²) < 4.78 is 24.3. The van der Waals surface area contributed by atoms with Crippen molar-refractivity contribution in [2.75, 3.05) is 66.0 Å². The molecule has 1 atom stereocenters. The van der Waals surface area contributed by atoms with E-state index in [0.29, 0.717) is 67.9 Å². The van der Waals surface area contributed by atoms with Crippen LogP contribution in [0, 0.1) is 5.41 Å². The quantitative estimate of drug-likeness (QED) is 0.125. The Morgan fingerprint density at radius 2 is 1.62 bits per heavy atom. The fourth-order valence-electron chi connectivity index (χ4n) is 7.41. The molecule has 0 bridgehead atoms. The summed E-state index contributed by atoms with van der Waals surface area (Å²) in [5.41, 5.74) is 2.82. The number of para-hydroxylation sites is 2. The zero-order chi connectivity index (χ0) is 35.1. The molecule has 1 N–H and O–H groups in total. The number of carbonyl (C=O) groups is 2. The van der Waals surface area contributed by atoms with E-state index in [0.717, 1.165) is 61.6 Å². The van der Waals surface area contributed by atoms with Gasteiger partial charge in [0.2, 0.25) is 17.6 Å². The number of anilines is 1. The van der Waals surface area contributed by atoms with Gasteiger partial charge in [-0.25, -0.2) is 4.98 Å². The molecule has 2 aliphatic rings. The summed E-state index contributed by atoms with van der Waals surface area (Å²) >= 11 is 0. The van der Waals surface area contributed by atoms with Gasteiger partial charge in [-0.05, 0) is 75.4 Å². The smallest absolute Gasteiger partial charge is 0.260 e. The lowest BCUT2D eigenvalue weighted by atomic mass is 9.77. The second-order valence-electron chi connectivity index (χ2n) is 13.2. The minimum absolute atomic E-state index is 0.123. The van der Waals surface area contributed by atoms with Crippen LogP contribution in [0.3, 0.4) is 0 Å². The van der Waals surface area contributed by atoms with Gasteiger partial charge in [-0.2, -0.15) is 0 Å². The van der Waals surface area contributed by atoms with Gasteiger partial charge in [0.25, 0.3) is 5.91 Å². The molecule has 11 nitrogen and oxygen atoms in total. The SMILES string of the molecule is CCOCCn1c(NC2CCN(CCC3(Cc4ccccc4)CCN(C(=O)c4cc(OC)c(OC)c(OC)c4)C3=O)CC2)nc2ccccc21. The van der Waals surface area contributed by atoms with E-state index in [1.54, 1.807) is 12.1 Å². The number of imidazole rings is 1. The molecule has 2 saturated heterocycles. The van der Waals surface area contributed by atoms with Gasteiger partial charge >= 0.3 is 0 Å². The molecule has 2 amide bonds. The van der Waals surface area contributed by atoms with Crippen molar-refractivity contribution in [1.29, 1.82) is 0 Å². The molecule has 0 spiro atoms. The van der Waals surface area contributed by atoms with Gasteiger partial charge in [0, 0.05) is 44.4 Å². The minimum Gasteiger partial charge on any atom is -0.493 e. The lowest BCUT2D eigenvalue weighted by molar-refractivity contribution is -0.134. The molecule has 0 radical (unpaired) electrons. The van der Waals surface area contributed by atoms with E-state index in [2.05, 4.69) is 39.0 Å². The van der Waals surface area contributed by atoms with Crippen LogP contribution in [0.2, 0.25) is 0 Å². The third kappa shape index (κ3) is 7.44. The second-order valence-corrected chi connectivity index (χ2v) is 13.2. The molecule has 4 aromatic rings. The van der Waals surface area contributed by atoms with E-state index in [-0.39, 0.29) is 11.8 Å². The van der Waals surface area contributed by atoms with Crippen LogP contribution in [0.1, 0.15) is 48.5 Å². The average Bonchev–Trinajstić information content (AvgIpc) is 3.66. The number of carbonyl (C=O) groups excluding carboxylic acids is 2. The standard InChI is InChI=1S/C39H49N5O6/c1-5-50-24-23-43-32-14-10-9-13-31(32)41-38(43)40-30-15-19-42(20-16-30)21-17-39(27-28-11-7-6-8-12-28)18-22-44(37(39)46)36(45)29-25-33(47-2)35(49-4)34(26-29)48-3/h6-14,25-26,30H,5,15-24,27H2,1-4H3,(H,40,41). The number of ether oxygens (including phenoxy) is 4. The summed E-state index contributed by atoms with van der Waals surface area (Å²) in [6.45, 7) is 7.06. The first kappa shape index (κ1) is 35.2. The van der Waals surface area contributed by atoms with E-state index in [1.807, 2.05) is 37.3 Å². The van der Waals surface area contributed by atoms with Crippen molar-refractivity contribution in [3.8, 4) is 17.2 Å². The summed E-state index contributed by atoms with van der Waals surface area (Å²) in [5.74, 6) is 1.55. The van der Waals surface area contributed by atoms with Gasteiger partial charge in [-0.15, -0.1) is 0 Å². The molecule has 3 heterocycles. The van der Waals surface area contributed by atoms with Crippen molar-refractivity contribution in [2.45, 2.75) is 51.6 Å². The molecule has 2 aliphatic heterocycles. The van der Waals surface area contributed by atoms with Crippen LogP contribution >= 0.6 is 0 Å². The summed E-state index contributed by atoms with van der Waals surface area (Å²) in [6, 6.07) is 21.9. The highest BCUT2D eigenvalue weighted by Crippen LogP contribution is 2.42. The summed E-state index contributed by atoms with van der Waals surface area (Å²) in [5, 5.41) is 3.73. The number of methoxy groups -OCH3 is 3. The summed E-state index contributed by atoms with van der Waals surface area (Å²) in [4.78, 5) is 37.1. The maximum atomic E-state index is 14.4. The predicted molar refractivity (Wildman–Crippen MR) is 193 cm³/mol. The Kier molecular flexibility index (Phi) is 11.2. The molecule has 0 aliphatic carbocycles. The van der Waals surface area contributed by atoms with Crippen molar-refractivity contribution < 1.29 is 28.5 Å². The van der Waals surface area contributed by atoms with Gasteiger partial charge in [0.1, 0.15) is 0 Å². The monoisotopic (exact) mass is 683 g/mol. The Hall–Kier alpha value is -4.61. The van der Waals surface area contributed by atoms with Crippen LogP contribution in [0.25, 0.3) is 11.0 Å². The number of imide groups is 1. The average molecular weight is 684 g/mol. The van der Waals surface area contributed by atoms with Crippen molar-refractivity contribution in [1.82, 2.24) is 19.4 Å². The van der Waals surface area contributed by atoms with E-state index in [1.165, 1.54) is 26.2 Å². The molecule has 2 fully saturated rings. The molecule has 1 unspecified atom stereocenters. The number of piperidine rings is 1. The highest BCUT2D eigenvalue weighted by Gasteiger charge is 2.49. The number of aromatic nitrogens is 2. The number of amides is 2. The van der Waals surface area contributed by atoms with Gasteiger partial charge in [0.15, 0.2) is 11.5 Å². The van der Waals surface area contributed by atoms with E-state index in [4.69, 9.17) is 23.9 Å². The molecule has 11 heteroatoms. The number of hydrogen-bond acceptors (Lipinski definition) is 9. The molecule has 6 rings (SSSR count). The van der Waals surface area contributed by atoms with Crippen molar-refractivity contribution >= 4 is 28.8 Å². The Morgan fingerprint density at radius 3 is 2.30 bits per heavy atom. The van der Waals surface area contributed by atoms with Crippen LogP contribution in [0.5, 0.6) is 17.2 Å². The maximum absolute atomic E-state index is 14.4. The zero-order valence-electron chi connectivity index (χ0n) is 29.7. The van der Waals surface area contributed by atoms with Gasteiger partial charge in [-0.3, -0.25) is 14.5 Å². The molecule has 3 aromatic carbocycles. The first-order valence-electron chi connectivity index (χ1n) is 17.6. The van der Waals surface area contributed by atoms with Gasteiger partial charge in [-0.1, -0.05) is 42.5 Å². The zero-order valence-corrected chi connectivity index (χ0v) is 29.7. The van der Waals surface area contributed by atoms with Crippen molar-refractivity contribution in [3.63, 3.8) is 0 Å². The van der Waals surface area contributed by atoms with Gasteiger partial charge in [0.05, 0.1) is 44.4 Å². The normalized spacial score (nSPS) is 18.5. The number of benzene rings is 3. The van der Waals surface area contributed by atoms with Crippen LogP contribution in [0.15, 0.2) is 66.7 Å². The van der Waals surface area contributed by atoms with E-state index < -0.39 is 5.41 Å². The molecule has 50 heavy (non-hydrogen) atoms. The highest BCUT2D eigenvalue weighted by molar-refractivity contribution is 6.08. The maximum Gasteiger partial charge on any atom is 0.260 e. The first-order valence-corrected chi connectivity index (χ1v) is 17.6. The molecular formula is C39H49N5O6. The van der Waals surface area contributed by atoms with Crippen LogP contribution in [0.4, 0.5) is 5.95 Å². The topological polar surface area (TPSA) is 107 Å². The molecule has 1 aromatic heterocycles. The van der Waals surface area contributed by atoms with Crippen molar-refractivity contribution in [2.24, 2.45) is 5.41 Å². The number of nitrogens with one attached hydrogen (secondary N) is 1. The number of likely N-dealkylation sites (tertiary alicyclic amines) is 2. The van der Waals surface area contributed by atoms with Gasteiger partial charge < -0.3 is 33.7 Å². The molecule has 0 saturated carbocycles. The van der Waals surface area contributed by atoms with E-state index >= 15 is 0 Å². The molecular weight excluding hydrogens is 634 g/mol. The van der Waals surface area contributed by atoms with E-state index in [9.17, 15) is 9.59 Å². The third-order valence-electron chi connectivity index (χ3n) is 10.2. The highest BCUT2D eigenvalue weighted by atomic mass is 16.5. The fourth-order valence-corrected chi connectivity index (χ4v) is 7.41. The first-order chi connectivity index (χ1) is 24.4. The van der Waals surface area contributed by atoms with Crippen LogP contribution in [-0.4, -0.2) is 97.9 Å². The summed E-state index contributed by atoms with van der Waals surface area (Å²) in [7, 11) is 4.54. The Morgan fingerprint density at radius 1 is 0.920 bits per heavy atom. The lowest BCUT2D eigenvalue weighted by Crippen LogP contribution is -2.44. The van der Waals surface area contributed by atoms with Crippen LogP contribution in [-0.2, 0) is 22.5 Å². The Balaban J connectivity index is 1.13. The Bertz CT molecular complexity index is 1740.